The average Bonchev–Trinajstić information content (AvgIpc) is 3.02. The van der Waals surface area contributed by atoms with Crippen LogP contribution in [0.1, 0.15) is 38.3 Å². The number of anilines is 1. The van der Waals surface area contributed by atoms with Gasteiger partial charge in [-0.3, -0.25) is 0 Å². The number of hydrogen-bond acceptors (Lipinski definition) is 6. The van der Waals surface area contributed by atoms with Gasteiger partial charge in [0.1, 0.15) is 5.60 Å². The van der Waals surface area contributed by atoms with E-state index in [-0.39, 0.29) is 29.5 Å². The van der Waals surface area contributed by atoms with E-state index in [9.17, 15) is 27.9 Å². The van der Waals surface area contributed by atoms with Gasteiger partial charge in [-0.1, -0.05) is 0 Å². The van der Waals surface area contributed by atoms with Crippen LogP contribution in [-0.2, 0) is 27.1 Å². The van der Waals surface area contributed by atoms with Gasteiger partial charge in [0.25, 0.3) is 0 Å². The Hall–Kier alpha value is -2.01. The van der Waals surface area contributed by atoms with Gasteiger partial charge >= 0.3 is 18.2 Å². The number of nitrogens with one attached hydrogen (secondary N) is 1. The first-order valence-electron chi connectivity index (χ1n) is 9.08. The lowest BCUT2D eigenvalue weighted by molar-refractivity contribution is -0.147. The number of rotatable bonds is 4. The van der Waals surface area contributed by atoms with Crippen LogP contribution in [0.5, 0.6) is 0 Å². The molecule has 11 heteroatoms. The van der Waals surface area contributed by atoms with E-state index in [1.165, 1.54) is 13.2 Å². The van der Waals surface area contributed by atoms with Crippen molar-refractivity contribution in [3.63, 3.8) is 0 Å². The van der Waals surface area contributed by atoms with Crippen LogP contribution in [-0.4, -0.2) is 48.5 Å². The van der Waals surface area contributed by atoms with E-state index in [2.05, 4.69) is 21.2 Å². The summed E-state index contributed by atoms with van der Waals surface area (Å²) in [5.41, 5.74) is -2.81. The molecule has 2 rings (SSSR count). The number of esters is 1. The predicted octanol–water partition coefficient (Wildman–Crippen LogP) is 3.61. The van der Waals surface area contributed by atoms with Gasteiger partial charge in [0.05, 0.1) is 25.8 Å². The molecule has 1 amide bonds. The summed E-state index contributed by atoms with van der Waals surface area (Å²) in [6.45, 7) is 4.53. The molecule has 1 fully saturated rings. The number of halogens is 4. The zero-order valence-corrected chi connectivity index (χ0v) is 18.6. The molecule has 1 saturated heterocycles. The number of alkyl halides is 3. The molecule has 30 heavy (non-hydrogen) atoms. The summed E-state index contributed by atoms with van der Waals surface area (Å²) in [4.78, 5) is 26.4. The molecule has 0 radical (unpaired) electrons. The van der Waals surface area contributed by atoms with Crippen LogP contribution in [0.2, 0.25) is 0 Å². The van der Waals surface area contributed by atoms with Crippen molar-refractivity contribution in [1.82, 2.24) is 5.32 Å². The summed E-state index contributed by atoms with van der Waals surface area (Å²) in [7, 11) is 1.18. The van der Waals surface area contributed by atoms with E-state index < -0.39 is 41.5 Å². The van der Waals surface area contributed by atoms with Gasteiger partial charge in [0.2, 0.25) is 0 Å². The van der Waals surface area contributed by atoms with Crippen LogP contribution >= 0.6 is 15.9 Å². The third-order valence-corrected chi connectivity index (χ3v) is 5.51. The fourth-order valence-corrected chi connectivity index (χ4v) is 3.99. The summed E-state index contributed by atoms with van der Waals surface area (Å²) in [5, 5.41) is 12.3. The van der Waals surface area contributed by atoms with E-state index >= 15 is 0 Å². The first kappa shape index (κ1) is 24.3. The van der Waals surface area contributed by atoms with Crippen LogP contribution in [0.25, 0.3) is 0 Å². The largest absolute Gasteiger partial charge is 0.467 e. The van der Waals surface area contributed by atoms with Gasteiger partial charge in [-0.25, -0.2) is 9.59 Å². The van der Waals surface area contributed by atoms with Crippen molar-refractivity contribution in [2.45, 2.75) is 51.1 Å². The summed E-state index contributed by atoms with van der Waals surface area (Å²) >= 11 is 2.93. The predicted molar refractivity (Wildman–Crippen MR) is 106 cm³/mol. The summed E-state index contributed by atoms with van der Waals surface area (Å²) in [6, 6.07) is 2.14. The number of alkyl carbamates (subject to hydrolysis) is 1. The maximum absolute atomic E-state index is 13.2. The number of ether oxygens (including phenoxy) is 2. The van der Waals surface area contributed by atoms with Gasteiger partial charge in [-0.05, 0) is 48.8 Å². The van der Waals surface area contributed by atoms with E-state index in [0.717, 1.165) is 6.07 Å². The van der Waals surface area contributed by atoms with Crippen molar-refractivity contribution in [3.8, 4) is 0 Å². The molecule has 1 heterocycles. The Balaban J connectivity index is 2.37. The highest BCUT2D eigenvalue weighted by atomic mass is 79.9. The minimum Gasteiger partial charge on any atom is -0.467 e. The number of amides is 1. The van der Waals surface area contributed by atoms with Crippen molar-refractivity contribution in [2.75, 3.05) is 25.1 Å². The number of aliphatic hydroxyl groups excluding tert-OH is 1. The van der Waals surface area contributed by atoms with Crippen molar-refractivity contribution in [2.24, 2.45) is 0 Å². The van der Waals surface area contributed by atoms with Gasteiger partial charge in [0, 0.05) is 28.7 Å². The van der Waals surface area contributed by atoms with E-state index in [4.69, 9.17) is 9.47 Å². The van der Waals surface area contributed by atoms with Crippen molar-refractivity contribution < 1.29 is 37.3 Å². The minimum absolute atomic E-state index is 0.0303. The molecular formula is C19H24BrF3N2O5. The lowest BCUT2D eigenvalue weighted by Crippen LogP contribution is -2.57. The van der Waals surface area contributed by atoms with Gasteiger partial charge in [-0.2, -0.15) is 13.2 Å². The maximum Gasteiger partial charge on any atom is 0.417 e. The second-order valence-electron chi connectivity index (χ2n) is 7.95. The van der Waals surface area contributed by atoms with E-state index in [0.29, 0.717) is 5.69 Å². The third-order valence-electron chi connectivity index (χ3n) is 4.61. The standard InChI is InChI=1S/C19H24BrF3N2O5/c1-17(2,3)30-16(28)24-18(15(27)29-4)7-8-25(10-18)13-6-5-12(19(21,22)23)14(20)11(13)9-26/h5-6,26H,7-10H2,1-4H3,(H,24,28). The highest BCUT2D eigenvalue weighted by Gasteiger charge is 2.48. The van der Waals surface area contributed by atoms with Gasteiger partial charge in [-0.15, -0.1) is 0 Å². The smallest absolute Gasteiger partial charge is 0.417 e. The fraction of sp³-hybridized carbons (Fsp3) is 0.579. The molecule has 168 valence electrons. The molecular weight excluding hydrogens is 473 g/mol. The number of aliphatic hydroxyl groups is 1. The molecule has 2 N–H and O–H groups in total. The molecule has 1 unspecified atom stereocenters. The Morgan fingerprint density at radius 2 is 1.93 bits per heavy atom. The molecule has 0 saturated carbocycles. The van der Waals surface area contributed by atoms with E-state index in [1.54, 1.807) is 25.7 Å². The Morgan fingerprint density at radius 3 is 2.43 bits per heavy atom. The highest BCUT2D eigenvalue weighted by Crippen LogP contribution is 2.41. The molecule has 1 atom stereocenters. The van der Waals surface area contributed by atoms with Crippen LogP contribution in [0.15, 0.2) is 16.6 Å². The number of benzene rings is 1. The van der Waals surface area contributed by atoms with Crippen LogP contribution in [0.4, 0.5) is 23.7 Å². The highest BCUT2D eigenvalue weighted by molar-refractivity contribution is 9.10. The molecule has 0 aliphatic carbocycles. The summed E-state index contributed by atoms with van der Waals surface area (Å²) in [5.74, 6) is -0.701. The monoisotopic (exact) mass is 496 g/mol. The van der Waals surface area contributed by atoms with Crippen molar-refractivity contribution in [3.05, 3.63) is 27.7 Å². The fourth-order valence-electron chi connectivity index (χ4n) is 3.31. The normalized spacial score (nSPS) is 19.6. The molecule has 0 bridgehead atoms. The van der Waals surface area contributed by atoms with Crippen LogP contribution in [0, 0.1) is 0 Å². The van der Waals surface area contributed by atoms with E-state index in [1.807, 2.05) is 0 Å². The maximum atomic E-state index is 13.2. The molecule has 1 aliphatic heterocycles. The summed E-state index contributed by atoms with van der Waals surface area (Å²) < 4.78 is 49.3. The Kier molecular flexibility index (Phi) is 6.97. The first-order chi connectivity index (χ1) is 13.7. The lowest BCUT2D eigenvalue weighted by atomic mass is 9.99. The lowest BCUT2D eigenvalue weighted by Gasteiger charge is -2.30. The molecule has 1 aromatic rings. The minimum atomic E-state index is -4.60. The average molecular weight is 497 g/mol. The number of hydrogen-bond donors (Lipinski definition) is 2. The Labute approximate surface area is 180 Å². The number of nitrogens with zero attached hydrogens (tertiary/aromatic N) is 1. The molecule has 0 aromatic heterocycles. The Morgan fingerprint density at radius 1 is 1.30 bits per heavy atom. The van der Waals surface area contributed by atoms with Gasteiger partial charge < -0.3 is 24.8 Å². The quantitative estimate of drug-likeness (QED) is 0.619. The zero-order chi connectivity index (χ0) is 22.9. The second-order valence-corrected chi connectivity index (χ2v) is 8.75. The zero-order valence-electron chi connectivity index (χ0n) is 17.0. The first-order valence-corrected chi connectivity index (χ1v) is 9.87. The topological polar surface area (TPSA) is 88.1 Å². The van der Waals surface area contributed by atoms with Gasteiger partial charge in [0.15, 0.2) is 5.54 Å². The number of carbonyl (C=O) groups is 2. The Bertz CT molecular complexity index is 826. The number of carbonyl (C=O) groups excluding carboxylic acids is 2. The van der Waals surface area contributed by atoms with Crippen molar-refractivity contribution in [1.29, 1.82) is 0 Å². The molecule has 0 spiro atoms. The van der Waals surface area contributed by atoms with Crippen LogP contribution < -0.4 is 10.2 Å². The molecule has 7 nitrogen and oxygen atoms in total. The third kappa shape index (κ3) is 5.18. The SMILES string of the molecule is COC(=O)C1(NC(=O)OC(C)(C)C)CCN(c2ccc(C(F)(F)F)c(Br)c2CO)C1. The number of methoxy groups -OCH3 is 1. The molecule has 1 aliphatic rings. The summed E-state index contributed by atoms with van der Waals surface area (Å²) in [6.07, 6.45) is -5.27. The van der Waals surface area contributed by atoms with Crippen LogP contribution in [0.3, 0.4) is 0 Å². The molecule has 1 aromatic carbocycles. The second kappa shape index (κ2) is 8.62. The van der Waals surface area contributed by atoms with Crippen molar-refractivity contribution >= 4 is 33.7 Å².